The first kappa shape index (κ1) is 8.89. The van der Waals surface area contributed by atoms with E-state index in [2.05, 4.69) is 18.2 Å². The molecule has 0 aromatic rings. The second-order valence-electron chi connectivity index (χ2n) is 3.59. The molecule has 2 aliphatic rings. The molecule has 2 atom stereocenters. The average molecular weight is 184 g/mol. The summed E-state index contributed by atoms with van der Waals surface area (Å²) >= 11 is 2.09. The van der Waals surface area contributed by atoms with Gasteiger partial charge in [-0.05, 0) is 49.5 Å². The Morgan fingerprint density at radius 1 is 1.42 bits per heavy atom. The normalized spacial score (nSPS) is 38.0. The maximum Gasteiger partial charge on any atom is 0.0616 e. The molecule has 2 fully saturated rings. The van der Waals surface area contributed by atoms with Crippen LogP contribution < -0.4 is 0 Å². The molecule has 2 heterocycles. The minimum atomic E-state index is 0.506. The molecule has 1 nitrogen and oxygen atoms in total. The van der Waals surface area contributed by atoms with Crippen molar-refractivity contribution in [3.05, 3.63) is 6.42 Å². The summed E-state index contributed by atoms with van der Waals surface area (Å²) in [4.78, 5) is 0. The Morgan fingerprint density at radius 3 is 3.08 bits per heavy atom. The highest BCUT2D eigenvalue weighted by Gasteiger charge is 2.26. The minimum absolute atomic E-state index is 0.506. The van der Waals surface area contributed by atoms with Crippen LogP contribution in [0.25, 0.3) is 0 Å². The molecule has 0 aromatic heterocycles. The van der Waals surface area contributed by atoms with E-state index in [-0.39, 0.29) is 0 Å². The molecule has 68 valence electrons. The van der Waals surface area contributed by atoms with E-state index >= 15 is 0 Å². The standard InChI is InChI=1S/C10H16OS/c1-2-6-11-10(5-1)9-4-3-7-12-8-9/h9-10H,2-8H2. The lowest BCUT2D eigenvalue weighted by Crippen LogP contribution is -2.31. The van der Waals surface area contributed by atoms with Gasteiger partial charge in [-0.25, -0.2) is 0 Å². The molecule has 2 aliphatic heterocycles. The SMILES string of the molecule is [C]1CCOC(C2CCCSC2)C1. The van der Waals surface area contributed by atoms with Crippen molar-refractivity contribution >= 4 is 11.8 Å². The molecule has 0 spiro atoms. The molecule has 0 bridgehead atoms. The zero-order valence-electron chi connectivity index (χ0n) is 7.42. The second-order valence-corrected chi connectivity index (χ2v) is 4.74. The Bertz CT molecular complexity index is 110. The molecular weight excluding hydrogens is 168 g/mol. The van der Waals surface area contributed by atoms with Crippen LogP contribution in [0.4, 0.5) is 0 Å². The van der Waals surface area contributed by atoms with Crippen molar-refractivity contribution in [3.8, 4) is 0 Å². The molecule has 12 heavy (non-hydrogen) atoms. The zero-order chi connectivity index (χ0) is 8.23. The summed E-state index contributed by atoms with van der Waals surface area (Å²) in [5.74, 6) is 3.49. The lowest BCUT2D eigenvalue weighted by atomic mass is 9.93. The van der Waals surface area contributed by atoms with Crippen molar-refractivity contribution < 1.29 is 4.74 Å². The highest BCUT2D eigenvalue weighted by atomic mass is 32.2. The highest BCUT2D eigenvalue weighted by molar-refractivity contribution is 7.99. The summed E-state index contributed by atoms with van der Waals surface area (Å²) in [5.41, 5.74) is 0. The third kappa shape index (κ3) is 2.17. The van der Waals surface area contributed by atoms with Gasteiger partial charge in [0.05, 0.1) is 6.10 Å². The first-order valence-corrected chi connectivity index (χ1v) is 6.02. The van der Waals surface area contributed by atoms with E-state index in [1.165, 1.54) is 24.3 Å². The lowest BCUT2D eigenvalue weighted by molar-refractivity contribution is -0.00171. The van der Waals surface area contributed by atoms with Crippen molar-refractivity contribution in [2.75, 3.05) is 18.1 Å². The Balaban J connectivity index is 1.80. The summed E-state index contributed by atoms with van der Waals surface area (Å²) in [6.45, 7) is 0.909. The predicted molar refractivity (Wildman–Crippen MR) is 52.3 cm³/mol. The van der Waals surface area contributed by atoms with Crippen LogP contribution in [0.3, 0.4) is 0 Å². The molecular formula is C10H16OS. The average Bonchev–Trinajstić information content (AvgIpc) is 2.21. The van der Waals surface area contributed by atoms with E-state index in [1.807, 2.05) is 0 Å². The third-order valence-corrected chi connectivity index (χ3v) is 3.92. The van der Waals surface area contributed by atoms with Crippen LogP contribution in [0.1, 0.15) is 25.7 Å². The van der Waals surface area contributed by atoms with Gasteiger partial charge < -0.3 is 4.74 Å². The number of ether oxygens (including phenoxy) is 1. The summed E-state index contributed by atoms with van der Waals surface area (Å²) in [5, 5.41) is 0. The van der Waals surface area contributed by atoms with Crippen LogP contribution in [0, 0.1) is 12.3 Å². The quantitative estimate of drug-likeness (QED) is 0.619. The number of hydrogen-bond donors (Lipinski definition) is 0. The zero-order valence-corrected chi connectivity index (χ0v) is 8.24. The van der Waals surface area contributed by atoms with Crippen molar-refractivity contribution in [3.63, 3.8) is 0 Å². The molecule has 2 saturated heterocycles. The third-order valence-electron chi connectivity index (χ3n) is 2.68. The molecule has 0 aliphatic carbocycles. The van der Waals surface area contributed by atoms with Crippen LogP contribution in [-0.2, 0) is 4.74 Å². The molecule has 2 heteroatoms. The van der Waals surface area contributed by atoms with Gasteiger partial charge in [0.1, 0.15) is 0 Å². The summed E-state index contributed by atoms with van der Waals surface area (Å²) in [7, 11) is 0. The first-order chi connectivity index (χ1) is 5.97. The van der Waals surface area contributed by atoms with Gasteiger partial charge in [0.2, 0.25) is 0 Å². The van der Waals surface area contributed by atoms with Gasteiger partial charge >= 0.3 is 0 Å². The van der Waals surface area contributed by atoms with Gasteiger partial charge in [0.15, 0.2) is 0 Å². The Kier molecular flexibility index (Phi) is 3.35. The van der Waals surface area contributed by atoms with Crippen molar-refractivity contribution in [1.82, 2.24) is 0 Å². The van der Waals surface area contributed by atoms with Gasteiger partial charge in [-0.15, -0.1) is 0 Å². The van der Waals surface area contributed by atoms with E-state index in [9.17, 15) is 0 Å². The molecule has 2 unspecified atom stereocenters. The number of rotatable bonds is 1. The van der Waals surface area contributed by atoms with Gasteiger partial charge in [-0.1, -0.05) is 0 Å². The van der Waals surface area contributed by atoms with Gasteiger partial charge in [0.25, 0.3) is 0 Å². The monoisotopic (exact) mass is 184 g/mol. The van der Waals surface area contributed by atoms with Crippen LogP contribution in [-0.4, -0.2) is 24.2 Å². The van der Waals surface area contributed by atoms with Crippen LogP contribution in [0.2, 0.25) is 0 Å². The Hall–Kier alpha value is 0.310. The maximum absolute atomic E-state index is 5.74. The number of thioether (sulfide) groups is 1. The second kappa shape index (κ2) is 4.52. The van der Waals surface area contributed by atoms with Gasteiger partial charge in [-0.2, -0.15) is 11.8 Å². The van der Waals surface area contributed by atoms with E-state index in [4.69, 9.17) is 4.74 Å². The molecule has 0 aromatic carbocycles. The highest BCUT2D eigenvalue weighted by Crippen LogP contribution is 2.30. The van der Waals surface area contributed by atoms with Gasteiger partial charge in [-0.3, -0.25) is 0 Å². The summed E-state index contributed by atoms with van der Waals surface area (Å²) in [6.07, 6.45) is 8.78. The summed E-state index contributed by atoms with van der Waals surface area (Å²) < 4.78 is 5.74. The first-order valence-electron chi connectivity index (χ1n) is 4.87. The van der Waals surface area contributed by atoms with Crippen LogP contribution in [0.15, 0.2) is 0 Å². The molecule has 2 radical (unpaired) electrons. The van der Waals surface area contributed by atoms with Crippen molar-refractivity contribution in [1.29, 1.82) is 0 Å². The molecule has 0 N–H and O–H groups in total. The minimum Gasteiger partial charge on any atom is -0.378 e. The van der Waals surface area contributed by atoms with Gasteiger partial charge in [0, 0.05) is 6.61 Å². The van der Waals surface area contributed by atoms with Crippen molar-refractivity contribution in [2.45, 2.75) is 31.8 Å². The smallest absolute Gasteiger partial charge is 0.0616 e. The van der Waals surface area contributed by atoms with E-state index in [0.717, 1.165) is 25.4 Å². The fraction of sp³-hybridized carbons (Fsp3) is 0.900. The van der Waals surface area contributed by atoms with Crippen molar-refractivity contribution in [2.24, 2.45) is 5.92 Å². The Morgan fingerprint density at radius 2 is 2.42 bits per heavy atom. The molecule has 0 amide bonds. The number of hydrogen-bond acceptors (Lipinski definition) is 2. The molecule has 2 rings (SSSR count). The fourth-order valence-corrected chi connectivity index (χ4v) is 3.17. The fourth-order valence-electron chi connectivity index (χ4n) is 1.95. The lowest BCUT2D eigenvalue weighted by Gasteiger charge is -2.32. The van der Waals surface area contributed by atoms with E-state index < -0.39 is 0 Å². The largest absolute Gasteiger partial charge is 0.378 e. The van der Waals surface area contributed by atoms with E-state index in [1.54, 1.807) is 0 Å². The maximum atomic E-state index is 5.74. The van der Waals surface area contributed by atoms with E-state index in [0.29, 0.717) is 6.10 Å². The molecule has 0 saturated carbocycles. The predicted octanol–water partition coefficient (Wildman–Crippen LogP) is 2.39. The van der Waals surface area contributed by atoms with Crippen LogP contribution >= 0.6 is 11.8 Å². The topological polar surface area (TPSA) is 9.23 Å². The Labute approximate surface area is 79.2 Å². The summed E-state index contributed by atoms with van der Waals surface area (Å²) in [6, 6.07) is 0. The van der Waals surface area contributed by atoms with Crippen LogP contribution in [0.5, 0.6) is 0 Å².